The van der Waals surface area contributed by atoms with E-state index in [1.807, 2.05) is 54.6 Å². The van der Waals surface area contributed by atoms with Crippen LogP contribution in [0.15, 0.2) is 67.0 Å². The van der Waals surface area contributed by atoms with Crippen molar-refractivity contribution in [3.63, 3.8) is 0 Å². The molecule has 3 rings (SSSR count). The number of rotatable bonds is 4. The quantitative estimate of drug-likeness (QED) is 0.792. The van der Waals surface area contributed by atoms with Gasteiger partial charge in [-0.2, -0.15) is 0 Å². The molecule has 0 aliphatic heterocycles. The average Bonchev–Trinajstić information content (AvgIpc) is 2.56. The van der Waals surface area contributed by atoms with Gasteiger partial charge in [-0.05, 0) is 22.6 Å². The minimum atomic E-state index is -0.733. The summed E-state index contributed by atoms with van der Waals surface area (Å²) in [7, 11) is 1.62. The van der Waals surface area contributed by atoms with Crippen molar-refractivity contribution in [2.24, 2.45) is 0 Å². The van der Waals surface area contributed by atoms with Gasteiger partial charge in [0, 0.05) is 24.9 Å². The molecule has 0 saturated carbocycles. The first kappa shape index (κ1) is 13.7. The van der Waals surface area contributed by atoms with E-state index in [1.165, 1.54) is 0 Å². The molecule has 2 atom stereocenters. The molecule has 0 aliphatic rings. The van der Waals surface area contributed by atoms with Crippen LogP contribution in [0.3, 0.4) is 0 Å². The zero-order valence-electron chi connectivity index (χ0n) is 11.8. The van der Waals surface area contributed by atoms with E-state index < -0.39 is 12.2 Å². The number of hydrogen-bond acceptors (Lipinski definition) is 3. The number of aliphatic hydroxyl groups excluding tert-OH is 1. The third-order valence-corrected chi connectivity index (χ3v) is 3.70. The Kier molecular flexibility index (Phi) is 3.95. The molecular weight excluding hydrogens is 262 g/mol. The standard InChI is InChI=1S/C18H17NO2/c1-21-18(13-6-3-2-4-7-13)17(20)16-9-5-8-14-12-19-11-10-15(14)16/h2-12,17-18,20H,1H3. The van der Waals surface area contributed by atoms with Crippen molar-refractivity contribution in [2.45, 2.75) is 12.2 Å². The predicted molar refractivity (Wildman–Crippen MR) is 82.9 cm³/mol. The molecule has 3 aromatic rings. The molecule has 0 bridgehead atoms. The molecule has 2 aromatic carbocycles. The number of benzene rings is 2. The Bertz CT molecular complexity index is 722. The molecule has 3 nitrogen and oxygen atoms in total. The normalized spacial score (nSPS) is 14.0. The van der Waals surface area contributed by atoms with Crippen molar-refractivity contribution < 1.29 is 9.84 Å². The van der Waals surface area contributed by atoms with Crippen molar-refractivity contribution in [3.8, 4) is 0 Å². The number of pyridine rings is 1. The number of fused-ring (bicyclic) bond motifs is 1. The molecule has 1 heterocycles. The number of aliphatic hydroxyl groups is 1. The van der Waals surface area contributed by atoms with E-state index in [0.717, 1.165) is 21.9 Å². The Hall–Kier alpha value is -2.23. The number of nitrogens with zero attached hydrogens (tertiary/aromatic N) is 1. The zero-order valence-corrected chi connectivity index (χ0v) is 11.8. The van der Waals surface area contributed by atoms with E-state index >= 15 is 0 Å². The van der Waals surface area contributed by atoms with Crippen LogP contribution in [0.25, 0.3) is 10.8 Å². The largest absolute Gasteiger partial charge is 0.385 e. The smallest absolute Gasteiger partial charge is 0.112 e. The number of ether oxygens (including phenoxy) is 1. The van der Waals surface area contributed by atoms with Crippen LogP contribution in [0.5, 0.6) is 0 Å². The Labute approximate surface area is 123 Å². The Morgan fingerprint density at radius 1 is 1.00 bits per heavy atom. The highest BCUT2D eigenvalue weighted by Crippen LogP contribution is 2.34. The van der Waals surface area contributed by atoms with E-state index in [0.29, 0.717) is 0 Å². The fraction of sp³-hybridized carbons (Fsp3) is 0.167. The summed E-state index contributed by atoms with van der Waals surface area (Å²) < 4.78 is 5.54. The monoisotopic (exact) mass is 279 g/mol. The SMILES string of the molecule is COC(c1ccccc1)C(O)c1cccc2cnccc12. The van der Waals surface area contributed by atoms with E-state index in [9.17, 15) is 5.11 Å². The third kappa shape index (κ3) is 2.66. The van der Waals surface area contributed by atoms with E-state index in [4.69, 9.17) is 4.74 Å². The second-order valence-electron chi connectivity index (χ2n) is 4.96. The molecule has 0 saturated heterocycles. The fourth-order valence-electron chi connectivity index (χ4n) is 2.66. The number of methoxy groups -OCH3 is 1. The first-order chi connectivity index (χ1) is 10.3. The lowest BCUT2D eigenvalue weighted by Crippen LogP contribution is -2.13. The van der Waals surface area contributed by atoms with Crippen LogP contribution >= 0.6 is 0 Å². The summed E-state index contributed by atoms with van der Waals surface area (Å²) >= 11 is 0. The van der Waals surface area contributed by atoms with Gasteiger partial charge in [-0.1, -0.05) is 48.5 Å². The van der Waals surface area contributed by atoms with Gasteiger partial charge in [0.2, 0.25) is 0 Å². The molecule has 0 amide bonds. The summed E-state index contributed by atoms with van der Waals surface area (Å²) in [6, 6.07) is 17.5. The first-order valence-electron chi connectivity index (χ1n) is 6.89. The highest BCUT2D eigenvalue weighted by molar-refractivity contribution is 5.85. The Morgan fingerprint density at radius 3 is 2.57 bits per heavy atom. The van der Waals surface area contributed by atoms with E-state index in [1.54, 1.807) is 19.5 Å². The highest BCUT2D eigenvalue weighted by Gasteiger charge is 2.23. The molecule has 106 valence electrons. The molecular formula is C18H17NO2. The predicted octanol–water partition coefficient (Wildman–Crippen LogP) is 3.66. The zero-order chi connectivity index (χ0) is 14.7. The summed E-state index contributed by atoms with van der Waals surface area (Å²) in [5, 5.41) is 12.8. The van der Waals surface area contributed by atoms with Crippen molar-refractivity contribution in [1.82, 2.24) is 4.98 Å². The van der Waals surface area contributed by atoms with Gasteiger partial charge in [-0.25, -0.2) is 0 Å². The molecule has 21 heavy (non-hydrogen) atoms. The maximum atomic E-state index is 10.8. The van der Waals surface area contributed by atoms with Gasteiger partial charge < -0.3 is 9.84 Å². The van der Waals surface area contributed by atoms with Gasteiger partial charge in [0.15, 0.2) is 0 Å². The van der Waals surface area contributed by atoms with Crippen LogP contribution < -0.4 is 0 Å². The summed E-state index contributed by atoms with van der Waals surface area (Å²) in [6.45, 7) is 0. The van der Waals surface area contributed by atoms with Crippen LogP contribution in [0.1, 0.15) is 23.3 Å². The summed E-state index contributed by atoms with van der Waals surface area (Å²) in [5.74, 6) is 0. The van der Waals surface area contributed by atoms with E-state index in [-0.39, 0.29) is 0 Å². The Morgan fingerprint density at radius 2 is 1.81 bits per heavy atom. The minimum Gasteiger partial charge on any atom is -0.385 e. The van der Waals surface area contributed by atoms with Crippen molar-refractivity contribution in [1.29, 1.82) is 0 Å². The van der Waals surface area contributed by atoms with Crippen LogP contribution in [-0.2, 0) is 4.74 Å². The van der Waals surface area contributed by atoms with Crippen LogP contribution in [0.4, 0.5) is 0 Å². The van der Waals surface area contributed by atoms with Crippen molar-refractivity contribution >= 4 is 10.8 Å². The number of hydrogen-bond donors (Lipinski definition) is 1. The van der Waals surface area contributed by atoms with Crippen LogP contribution in [-0.4, -0.2) is 17.2 Å². The lowest BCUT2D eigenvalue weighted by molar-refractivity contribution is -0.0142. The summed E-state index contributed by atoms with van der Waals surface area (Å²) in [5.41, 5.74) is 1.81. The summed E-state index contributed by atoms with van der Waals surface area (Å²) in [6.07, 6.45) is 2.41. The van der Waals surface area contributed by atoms with Gasteiger partial charge in [0.05, 0.1) is 0 Å². The lowest BCUT2D eigenvalue weighted by Gasteiger charge is -2.23. The molecule has 1 N–H and O–H groups in total. The maximum absolute atomic E-state index is 10.8. The second kappa shape index (κ2) is 6.04. The van der Waals surface area contributed by atoms with Gasteiger partial charge in [0.25, 0.3) is 0 Å². The Balaban J connectivity index is 2.05. The fourth-order valence-corrected chi connectivity index (χ4v) is 2.66. The van der Waals surface area contributed by atoms with Crippen LogP contribution in [0.2, 0.25) is 0 Å². The third-order valence-electron chi connectivity index (χ3n) is 3.70. The molecule has 3 heteroatoms. The number of aromatic nitrogens is 1. The van der Waals surface area contributed by atoms with Crippen molar-refractivity contribution in [2.75, 3.05) is 7.11 Å². The lowest BCUT2D eigenvalue weighted by atomic mass is 9.94. The molecule has 0 radical (unpaired) electrons. The van der Waals surface area contributed by atoms with Crippen molar-refractivity contribution in [3.05, 3.63) is 78.1 Å². The average molecular weight is 279 g/mol. The highest BCUT2D eigenvalue weighted by atomic mass is 16.5. The molecule has 0 spiro atoms. The minimum absolute atomic E-state index is 0.398. The molecule has 2 unspecified atom stereocenters. The first-order valence-corrected chi connectivity index (χ1v) is 6.89. The molecule has 1 aromatic heterocycles. The summed E-state index contributed by atoms with van der Waals surface area (Å²) in [4.78, 5) is 4.12. The maximum Gasteiger partial charge on any atom is 0.112 e. The van der Waals surface area contributed by atoms with E-state index in [2.05, 4.69) is 4.98 Å². The molecule has 0 aliphatic carbocycles. The van der Waals surface area contributed by atoms with Gasteiger partial charge in [0.1, 0.15) is 12.2 Å². The van der Waals surface area contributed by atoms with Gasteiger partial charge >= 0.3 is 0 Å². The van der Waals surface area contributed by atoms with Gasteiger partial charge in [-0.3, -0.25) is 4.98 Å². The molecule has 0 fully saturated rings. The topological polar surface area (TPSA) is 42.4 Å². The second-order valence-corrected chi connectivity index (χ2v) is 4.96. The van der Waals surface area contributed by atoms with Gasteiger partial charge in [-0.15, -0.1) is 0 Å². The van der Waals surface area contributed by atoms with Crippen LogP contribution in [0, 0.1) is 0 Å².